The third kappa shape index (κ3) is 2.05. The summed E-state index contributed by atoms with van der Waals surface area (Å²) >= 11 is 0. The van der Waals surface area contributed by atoms with E-state index in [9.17, 15) is 5.11 Å². The molecule has 0 radical (unpaired) electrons. The van der Waals surface area contributed by atoms with Crippen LogP contribution in [0.3, 0.4) is 0 Å². The third-order valence-corrected chi connectivity index (χ3v) is 3.62. The Morgan fingerprint density at radius 1 is 1.15 bits per heavy atom. The van der Waals surface area contributed by atoms with E-state index in [1.54, 1.807) is 0 Å². The van der Waals surface area contributed by atoms with E-state index in [1.165, 1.54) is 38.8 Å². The first kappa shape index (κ1) is 9.47. The highest BCUT2D eigenvalue weighted by Gasteiger charge is 2.32. The van der Waals surface area contributed by atoms with Crippen molar-refractivity contribution in [1.29, 1.82) is 0 Å². The Balaban J connectivity index is 1.91. The van der Waals surface area contributed by atoms with E-state index in [4.69, 9.17) is 0 Å². The molecule has 0 aromatic carbocycles. The first-order valence-corrected chi connectivity index (χ1v) is 5.69. The normalized spacial score (nSPS) is 42.5. The topological polar surface area (TPSA) is 23.5 Å². The van der Waals surface area contributed by atoms with Crippen molar-refractivity contribution >= 4 is 0 Å². The molecule has 3 atom stereocenters. The molecule has 0 bridgehead atoms. The van der Waals surface area contributed by atoms with Gasteiger partial charge >= 0.3 is 0 Å². The van der Waals surface area contributed by atoms with Crippen molar-refractivity contribution in [3.63, 3.8) is 0 Å². The summed E-state index contributed by atoms with van der Waals surface area (Å²) in [5, 5.41) is 9.87. The van der Waals surface area contributed by atoms with Crippen molar-refractivity contribution < 1.29 is 5.11 Å². The number of aliphatic hydroxyl groups is 1. The lowest BCUT2D eigenvalue weighted by Crippen LogP contribution is -2.44. The second-order valence-electron chi connectivity index (χ2n) is 4.81. The maximum Gasteiger partial charge on any atom is 0.0695 e. The van der Waals surface area contributed by atoms with Crippen LogP contribution in [0.5, 0.6) is 0 Å². The summed E-state index contributed by atoms with van der Waals surface area (Å²) in [5.74, 6) is 0.842. The van der Waals surface area contributed by atoms with Crippen LogP contribution in [0, 0.1) is 5.92 Å². The largest absolute Gasteiger partial charge is 0.391 e. The van der Waals surface area contributed by atoms with Gasteiger partial charge in [-0.05, 0) is 31.7 Å². The SMILES string of the molecule is C[C@@H]1CCN([C@@H]2CCCC[C@H]2O)C1. The van der Waals surface area contributed by atoms with Crippen molar-refractivity contribution in [2.75, 3.05) is 13.1 Å². The van der Waals surface area contributed by atoms with Crippen LogP contribution in [0.1, 0.15) is 39.0 Å². The van der Waals surface area contributed by atoms with Crippen molar-refractivity contribution in [3.8, 4) is 0 Å². The summed E-state index contributed by atoms with van der Waals surface area (Å²) in [4.78, 5) is 2.51. The molecule has 2 rings (SSSR count). The second kappa shape index (κ2) is 3.97. The molecule has 1 saturated heterocycles. The van der Waals surface area contributed by atoms with Gasteiger partial charge in [0.1, 0.15) is 0 Å². The fourth-order valence-electron chi connectivity index (χ4n) is 2.79. The van der Waals surface area contributed by atoms with Gasteiger partial charge < -0.3 is 5.11 Å². The lowest BCUT2D eigenvalue weighted by atomic mass is 9.91. The number of nitrogens with zero attached hydrogens (tertiary/aromatic N) is 1. The lowest BCUT2D eigenvalue weighted by Gasteiger charge is -2.35. The van der Waals surface area contributed by atoms with Crippen LogP contribution in [-0.4, -0.2) is 35.2 Å². The molecule has 0 aromatic rings. The summed E-state index contributed by atoms with van der Waals surface area (Å²) in [6, 6.07) is 0.485. The minimum absolute atomic E-state index is 0.0425. The van der Waals surface area contributed by atoms with Crippen molar-refractivity contribution in [1.82, 2.24) is 4.90 Å². The fraction of sp³-hybridized carbons (Fsp3) is 1.00. The Labute approximate surface area is 80.9 Å². The number of aliphatic hydroxyl groups excluding tert-OH is 1. The van der Waals surface area contributed by atoms with Gasteiger partial charge in [-0.1, -0.05) is 19.8 Å². The van der Waals surface area contributed by atoms with Gasteiger partial charge in [0.15, 0.2) is 0 Å². The molecule has 0 spiro atoms. The number of rotatable bonds is 1. The Morgan fingerprint density at radius 2 is 1.92 bits per heavy atom. The molecular formula is C11H21NO. The highest BCUT2D eigenvalue weighted by Crippen LogP contribution is 2.27. The van der Waals surface area contributed by atoms with Crippen LogP contribution >= 0.6 is 0 Å². The van der Waals surface area contributed by atoms with E-state index >= 15 is 0 Å². The molecule has 1 N–H and O–H groups in total. The summed E-state index contributed by atoms with van der Waals surface area (Å²) in [5.41, 5.74) is 0. The number of hydrogen-bond donors (Lipinski definition) is 1. The molecule has 1 aliphatic carbocycles. The van der Waals surface area contributed by atoms with Gasteiger partial charge in [-0.25, -0.2) is 0 Å². The summed E-state index contributed by atoms with van der Waals surface area (Å²) < 4.78 is 0. The molecule has 1 aliphatic heterocycles. The maximum absolute atomic E-state index is 9.87. The molecule has 2 heteroatoms. The summed E-state index contributed by atoms with van der Waals surface area (Å²) in [6.45, 7) is 4.74. The zero-order chi connectivity index (χ0) is 9.26. The van der Waals surface area contributed by atoms with E-state index in [-0.39, 0.29) is 6.10 Å². The van der Waals surface area contributed by atoms with Crippen LogP contribution in [0.2, 0.25) is 0 Å². The average Bonchev–Trinajstić information content (AvgIpc) is 2.53. The highest BCUT2D eigenvalue weighted by atomic mass is 16.3. The van der Waals surface area contributed by atoms with Gasteiger partial charge in [0.2, 0.25) is 0 Å². The molecule has 76 valence electrons. The van der Waals surface area contributed by atoms with E-state index in [1.807, 2.05) is 0 Å². The maximum atomic E-state index is 9.87. The Bertz CT molecular complexity index is 171. The van der Waals surface area contributed by atoms with Crippen LogP contribution in [0.25, 0.3) is 0 Å². The van der Waals surface area contributed by atoms with E-state index in [0.29, 0.717) is 6.04 Å². The summed E-state index contributed by atoms with van der Waals surface area (Å²) in [7, 11) is 0. The highest BCUT2D eigenvalue weighted by molar-refractivity contribution is 4.86. The number of likely N-dealkylation sites (tertiary alicyclic amines) is 1. The minimum Gasteiger partial charge on any atom is -0.391 e. The first-order valence-electron chi connectivity index (χ1n) is 5.69. The van der Waals surface area contributed by atoms with Crippen molar-refractivity contribution in [2.24, 2.45) is 5.92 Å². The molecule has 0 amide bonds. The van der Waals surface area contributed by atoms with Gasteiger partial charge in [-0.15, -0.1) is 0 Å². The Morgan fingerprint density at radius 3 is 2.54 bits per heavy atom. The Kier molecular flexibility index (Phi) is 2.89. The van der Waals surface area contributed by atoms with E-state index < -0.39 is 0 Å². The average molecular weight is 183 g/mol. The molecular weight excluding hydrogens is 162 g/mol. The first-order chi connectivity index (χ1) is 6.27. The van der Waals surface area contributed by atoms with Crippen LogP contribution < -0.4 is 0 Å². The molecule has 0 aromatic heterocycles. The fourth-order valence-corrected chi connectivity index (χ4v) is 2.79. The summed E-state index contributed by atoms with van der Waals surface area (Å²) in [6.07, 6.45) is 6.05. The zero-order valence-corrected chi connectivity index (χ0v) is 8.58. The van der Waals surface area contributed by atoms with E-state index in [2.05, 4.69) is 11.8 Å². The van der Waals surface area contributed by atoms with Crippen molar-refractivity contribution in [3.05, 3.63) is 0 Å². The molecule has 1 saturated carbocycles. The molecule has 0 unspecified atom stereocenters. The van der Waals surface area contributed by atoms with Gasteiger partial charge in [0, 0.05) is 12.6 Å². The van der Waals surface area contributed by atoms with Gasteiger partial charge in [-0.3, -0.25) is 4.90 Å². The van der Waals surface area contributed by atoms with Crippen molar-refractivity contribution in [2.45, 2.75) is 51.2 Å². The molecule has 1 heterocycles. The minimum atomic E-state index is -0.0425. The molecule has 2 fully saturated rings. The monoisotopic (exact) mass is 183 g/mol. The van der Waals surface area contributed by atoms with Crippen LogP contribution in [0.4, 0.5) is 0 Å². The third-order valence-electron chi connectivity index (χ3n) is 3.62. The van der Waals surface area contributed by atoms with Gasteiger partial charge in [-0.2, -0.15) is 0 Å². The van der Waals surface area contributed by atoms with Gasteiger partial charge in [0.25, 0.3) is 0 Å². The molecule has 13 heavy (non-hydrogen) atoms. The lowest BCUT2D eigenvalue weighted by molar-refractivity contribution is 0.0297. The van der Waals surface area contributed by atoms with E-state index in [0.717, 1.165) is 12.3 Å². The quantitative estimate of drug-likeness (QED) is 0.668. The Hall–Kier alpha value is -0.0800. The van der Waals surface area contributed by atoms with Crippen LogP contribution in [0.15, 0.2) is 0 Å². The predicted molar refractivity (Wildman–Crippen MR) is 53.6 cm³/mol. The number of hydrogen-bond acceptors (Lipinski definition) is 2. The molecule has 2 aliphatic rings. The standard InChI is InChI=1S/C11H21NO/c1-9-6-7-12(8-9)10-4-2-3-5-11(10)13/h9-11,13H,2-8H2,1H3/t9-,10-,11-/m1/s1. The van der Waals surface area contributed by atoms with Gasteiger partial charge in [0.05, 0.1) is 6.10 Å². The second-order valence-corrected chi connectivity index (χ2v) is 4.81. The molecule has 2 nitrogen and oxygen atoms in total. The van der Waals surface area contributed by atoms with Crippen LogP contribution in [-0.2, 0) is 0 Å². The predicted octanol–water partition coefficient (Wildman–Crippen LogP) is 1.63. The zero-order valence-electron chi connectivity index (χ0n) is 8.58. The smallest absolute Gasteiger partial charge is 0.0695 e.